The molecule has 0 N–H and O–H groups in total. The van der Waals surface area contributed by atoms with Crippen molar-refractivity contribution in [2.75, 3.05) is 9.80 Å². The van der Waals surface area contributed by atoms with E-state index in [0.717, 1.165) is 11.4 Å². The summed E-state index contributed by atoms with van der Waals surface area (Å²) in [7, 11) is 0. The molecule has 0 saturated carbocycles. The molecule has 0 aromatic heterocycles. The van der Waals surface area contributed by atoms with Crippen LogP contribution >= 0.6 is 0 Å². The van der Waals surface area contributed by atoms with Gasteiger partial charge in [0.15, 0.2) is 0 Å². The number of rotatable bonds is 6. The summed E-state index contributed by atoms with van der Waals surface area (Å²) in [5.74, 6) is 0. The maximum atomic E-state index is 2.57. The summed E-state index contributed by atoms with van der Waals surface area (Å²) in [6, 6.07) is 76.8. The Balaban J connectivity index is 1.22. The normalized spacial score (nSPS) is 12.7. The van der Waals surface area contributed by atoms with Crippen LogP contribution in [-0.4, -0.2) is 6.71 Å². The van der Waals surface area contributed by atoms with Gasteiger partial charge in [0.05, 0.1) is 0 Å². The van der Waals surface area contributed by atoms with Gasteiger partial charge >= 0.3 is 0 Å². The van der Waals surface area contributed by atoms with Crippen molar-refractivity contribution in [1.29, 1.82) is 0 Å². The monoisotopic (exact) mass is 808 g/mol. The SMILES string of the molecule is Cc1ccc2c(c1)B1c3cc(C(C)(C)C)ccc3N(c3cc(-c4ccccc4)cc(-c4ccccc4)c3)c3cc(C)cc(c31)N2c1cc(-c2ccccc2)cc(-c2ccccc2)c1. The van der Waals surface area contributed by atoms with Gasteiger partial charge < -0.3 is 9.80 Å². The summed E-state index contributed by atoms with van der Waals surface area (Å²) in [6.07, 6.45) is 0. The molecule has 2 heterocycles. The first kappa shape index (κ1) is 38.6. The van der Waals surface area contributed by atoms with Crippen LogP contribution in [0.1, 0.15) is 37.5 Å². The molecular formula is C60H49BN2. The fraction of sp³-hybridized carbons (Fsp3) is 0.100. The molecule has 2 nitrogen and oxygen atoms in total. The van der Waals surface area contributed by atoms with E-state index >= 15 is 0 Å². The molecular weight excluding hydrogens is 759 g/mol. The first-order valence-electron chi connectivity index (χ1n) is 22.2. The van der Waals surface area contributed by atoms with Gasteiger partial charge in [-0.25, -0.2) is 0 Å². The van der Waals surface area contributed by atoms with Crippen LogP contribution in [0.4, 0.5) is 34.1 Å². The largest absolute Gasteiger partial charge is 0.311 e. The molecule has 0 aliphatic carbocycles. The molecule has 302 valence electrons. The Kier molecular flexibility index (Phi) is 9.32. The van der Waals surface area contributed by atoms with E-state index in [1.54, 1.807) is 0 Å². The lowest BCUT2D eigenvalue weighted by atomic mass is 9.33. The predicted octanol–water partition coefficient (Wildman–Crippen LogP) is 14.4. The number of hydrogen-bond acceptors (Lipinski definition) is 2. The number of nitrogens with zero attached hydrogens (tertiary/aromatic N) is 2. The summed E-state index contributed by atoms with van der Waals surface area (Å²) in [5, 5.41) is 0. The van der Waals surface area contributed by atoms with Crippen LogP contribution in [0.15, 0.2) is 206 Å². The van der Waals surface area contributed by atoms with Crippen molar-refractivity contribution in [3.05, 3.63) is 223 Å². The fourth-order valence-corrected chi connectivity index (χ4v) is 9.95. The van der Waals surface area contributed by atoms with Crippen molar-refractivity contribution in [1.82, 2.24) is 0 Å². The van der Waals surface area contributed by atoms with Gasteiger partial charge in [0.2, 0.25) is 0 Å². The summed E-state index contributed by atoms with van der Waals surface area (Å²) >= 11 is 0. The Labute approximate surface area is 372 Å². The van der Waals surface area contributed by atoms with E-state index in [2.05, 4.69) is 251 Å². The Morgan fingerprint density at radius 1 is 0.333 bits per heavy atom. The van der Waals surface area contributed by atoms with E-state index in [9.17, 15) is 0 Å². The summed E-state index contributed by atoms with van der Waals surface area (Å²) in [5.41, 5.74) is 24.5. The Morgan fingerprint density at radius 3 is 1.11 bits per heavy atom. The minimum atomic E-state index is -0.0359. The average molecular weight is 809 g/mol. The molecule has 0 fully saturated rings. The topological polar surface area (TPSA) is 6.48 Å². The van der Waals surface area contributed by atoms with Crippen molar-refractivity contribution in [3.8, 4) is 44.5 Å². The third kappa shape index (κ3) is 6.85. The van der Waals surface area contributed by atoms with E-state index in [-0.39, 0.29) is 12.1 Å². The summed E-state index contributed by atoms with van der Waals surface area (Å²) in [4.78, 5) is 5.13. The molecule has 0 unspecified atom stereocenters. The number of hydrogen-bond donors (Lipinski definition) is 0. The minimum absolute atomic E-state index is 0.0205. The molecule has 0 spiro atoms. The zero-order valence-electron chi connectivity index (χ0n) is 36.6. The zero-order chi connectivity index (χ0) is 42.8. The lowest BCUT2D eigenvalue weighted by Crippen LogP contribution is -2.61. The highest BCUT2D eigenvalue weighted by Gasteiger charge is 2.44. The van der Waals surface area contributed by atoms with Crippen LogP contribution in [0.3, 0.4) is 0 Å². The van der Waals surface area contributed by atoms with Gasteiger partial charge in [0.1, 0.15) is 0 Å². The second kappa shape index (κ2) is 15.2. The van der Waals surface area contributed by atoms with Crippen molar-refractivity contribution in [3.63, 3.8) is 0 Å². The van der Waals surface area contributed by atoms with Crippen molar-refractivity contribution in [2.45, 2.75) is 40.0 Å². The lowest BCUT2D eigenvalue weighted by molar-refractivity contribution is 0.591. The molecule has 2 aliphatic rings. The first-order chi connectivity index (χ1) is 30.7. The van der Waals surface area contributed by atoms with E-state index in [4.69, 9.17) is 0 Å². The zero-order valence-corrected chi connectivity index (χ0v) is 36.6. The van der Waals surface area contributed by atoms with Crippen molar-refractivity contribution < 1.29 is 0 Å². The van der Waals surface area contributed by atoms with Gasteiger partial charge in [-0.05, 0) is 152 Å². The molecule has 63 heavy (non-hydrogen) atoms. The quantitative estimate of drug-likeness (QED) is 0.154. The third-order valence-electron chi connectivity index (χ3n) is 13.0. The fourth-order valence-electron chi connectivity index (χ4n) is 9.95. The second-order valence-electron chi connectivity index (χ2n) is 18.4. The molecule has 9 aromatic rings. The maximum Gasteiger partial charge on any atom is 0.252 e. The second-order valence-corrected chi connectivity index (χ2v) is 18.4. The first-order valence-corrected chi connectivity index (χ1v) is 22.2. The van der Waals surface area contributed by atoms with Gasteiger partial charge in [-0.1, -0.05) is 172 Å². The van der Waals surface area contributed by atoms with E-state index in [1.807, 2.05) is 0 Å². The molecule has 9 aromatic carbocycles. The van der Waals surface area contributed by atoms with Gasteiger partial charge in [0, 0.05) is 34.1 Å². The van der Waals surface area contributed by atoms with E-state index < -0.39 is 0 Å². The molecule has 3 heteroatoms. The van der Waals surface area contributed by atoms with Crippen LogP contribution in [0.5, 0.6) is 0 Å². The van der Waals surface area contributed by atoms with E-state index in [1.165, 1.54) is 100 Å². The van der Waals surface area contributed by atoms with Gasteiger partial charge in [-0.3, -0.25) is 0 Å². The Morgan fingerprint density at radius 2 is 0.714 bits per heavy atom. The van der Waals surface area contributed by atoms with Crippen LogP contribution in [0.25, 0.3) is 44.5 Å². The van der Waals surface area contributed by atoms with Crippen molar-refractivity contribution >= 4 is 57.2 Å². The summed E-state index contributed by atoms with van der Waals surface area (Å²) < 4.78 is 0. The lowest BCUT2D eigenvalue weighted by Gasteiger charge is -2.45. The van der Waals surface area contributed by atoms with Crippen LogP contribution in [-0.2, 0) is 5.41 Å². The summed E-state index contributed by atoms with van der Waals surface area (Å²) in [6.45, 7) is 11.5. The van der Waals surface area contributed by atoms with Crippen LogP contribution < -0.4 is 26.2 Å². The number of benzene rings is 9. The Hall–Kier alpha value is -7.36. The maximum absolute atomic E-state index is 2.57. The average Bonchev–Trinajstić information content (AvgIpc) is 3.31. The Bertz CT molecular complexity index is 3040. The van der Waals surface area contributed by atoms with Gasteiger partial charge in [0.25, 0.3) is 6.71 Å². The number of anilines is 6. The highest BCUT2D eigenvalue weighted by molar-refractivity contribution is 7.00. The van der Waals surface area contributed by atoms with Crippen LogP contribution in [0.2, 0.25) is 0 Å². The standard InChI is InChI=1S/C60H49BN2/c1-40-26-28-55-53(30-40)61-54-39-50(60(3,4)5)27-29-56(54)63(52-37-48(44-22-14-8-15-23-44)34-49(38-52)45-24-16-9-17-25-45)58-32-41(2)31-57(59(58)61)62(55)51-35-46(42-18-10-6-11-19-42)33-47(36-51)43-20-12-7-13-21-43/h6-39H,1-5H3. The highest BCUT2D eigenvalue weighted by atomic mass is 15.2. The molecule has 0 saturated heterocycles. The third-order valence-corrected chi connectivity index (χ3v) is 13.0. The molecule has 2 aliphatic heterocycles. The molecule has 0 bridgehead atoms. The molecule has 11 rings (SSSR count). The number of fused-ring (bicyclic) bond motifs is 4. The molecule has 0 amide bonds. The van der Waals surface area contributed by atoms with Gasteiger partial charge in [-0.15, -0.1) is 0 Å². The highest BCUT2D eigenvalue weighted by Crippen LogP contribution is 2.47. The predicted molar refractivity (Wildman–Crippen MR) is 270 cm³/mol. The van der Waals surface area contributed by atoms with Crippen LogP contribution in [0, 0.1) is 13.8 Å². The molecule has 0 atom stereocenters. The van der Waals surface area contributed by atoms with Gasteiger partial charge in [-0.2, -0.15) is 0 Å². The number of aryl methyl sites for hydroxylation is 2. The van der Waals surface area contributed by atoms with E-state index in [0.29, 0.717) is 0 Å². The smallest absolute Gasteiger partial charge is 0.252 e. The molecule has 0 radical (unpaired) electrons. The van der Waals surface area contributed by atoms with Crippen molar-refractivity contribution in [2.24, 2.45) is 0 Å². The minimum Gasteiger partial charge on any atom is -0.311 e.